The van der Waals surface area contributed by atoms with Gasteiger partial charge in [0.25, 0.3) is 0 Å². The number of ether oxygens (including phenoxy) is 2. The normalized spacial score (nSPS) is 13.9. The van der Waals surface area contributed by atoms with E-state index in [4.69, 9.17) is 9.47 Å². The molecule has 1 fully saturated rings. The van der Waals surface area contributed by atoms with Gasteiger partial charge in [-0.15, -0.1) is 11.3 Å². The van der Waals surface area contributed by atoms with Crippen LogP contribution in [0.1, 0.15) is 18.4 Å². The molecule has 39 heavy (non-hydrogen) atoms. The Kier molecular flexibility index (Phi) is 7.28. The Balaban J connectivity index is 1.28. The second-order valence-electron chi connectivity index (χ2n) is 9.76. The van der Waals surface area contributed by atoms with Crippen LogP contribution in [0.15, 0.2) is 97.1 Å². The maximum absolute atomic E-state index is 13.7. The van der Waals surface area contributed by atoms with Gasteiger partial charge in [-0.05, 0) is 78.6 Å². The first-order chi connectivity index (χ1) is 19.2. The van der Waals surface area contributed by atoms with Crippen molar-refractivity contribution in [3.8, 4) is 27.7 Å². The smallest absolute Gasteiger partial charge is 0.153 e. The number of benzene rings is 4. The maximum atomic E-state index is 13.7. The average Bonchev–Trinajstić information content (AvgIpc) is 3.34. The number of thiophene rings is 1. The van der Waals surface area contributed by atoms with Gasteiger partial charge in [0, 0.05) is 34.8 Å². The van der Waals surface area contributed by atoms with Gasteiger partial charge in [-0.1, -0.05) is 42.5 Å². The fourth-order valence-electron chi connectivity index (χ4n) is 4.91. The standard InChI is InChI=1S/C33H28FNO3S/c34-26-8-6-25(7-9-26)33-32(38-28-12-10-27(11-13-28)35-18-16-23(21-36)17-19-35)30-15-14-29(20-31(30)39-33)37-22-24-4-2-1-3-5-24/h1-15,20-21,23H,16-19,22H2. The molecular formula is C33H28FNO3S. The monoisotopic (exact) mass is 537 g/mol. The lowest BCUT2D eigenvalue weighted by atomic mass is 9.98. The maximum Gasteiger partial charge on any atom is 0.153 e. The summed E-state index contributed by atoms with van der Waals surface area (Å²) in [5.41, 5.74) is 3.13. The first-order valence-corrected chi connectivity index (χ1v) is 14.0. The van der Waals surface area contributed by atoms with E-state index >= 15 is 0 Å². The summed E-state index contributed by atoms with van der Waals surface area (Å²) in [6.07, 6.45) is 2.86. The summed E-state index contributed by atoms with van der Waals surface area (Å²) in [5, 5.41) is 0.978. The highest BCUT2D eigenvalue weighted by Crippen LogP contribution is 2.47. The number of halogens is 1. The van der Waals surface area contributed by atoms with Gasteiger partial charge in [0.05, 0.1) is 4.88 Å². The highest BCUT2D eigenvalue weighted by Gasteiger charge is 2.20. The number of hydrogen-bond donors (Lipinski definition) is 0. The van der Waals surface area contributed by atoms with Crippen LogP contribution in [0, 0.1) is 11.7 Å². The molecule has 6 heteroatoms. The lowest BCUT2D eigenvalue weighted by Gasteiger charge is -2.31. The van der Waals surface area contributed by atoms with E-state index < -0.39 is 0 Å². The third-order valence-corrected chi connectivity index (χ3v) is 8.31. The molecule has 0 atom stereocenters. The Labute approximate surface area is 231 Å². The van der Waals surface area contributed by atoms with Gasteiger partial charge in [-0.2, -0.15) is 0 Å². The van der Waals surface area contributed by atoms with Crippen LogP contribution in [0.2, 0.25) is 0 Å². The summed E-state index contributed by atoms with van der Waals surface area (Å²) in [7, 11) is 0. The molecule has 5 aromatic rings. The molecule has 0 aliphatic carbocycles. The molecule has 4 aromatic carbocycles. The number of aldehydes is 1. The van der Waals surface area contributed by atoms with Gasteiger partial charge < -0.3 is 19.2 Å². The van der Waals surface area contributed by atoms with Gasteiger partial charge in [0.1, 0.15) is 30.2 Å². The quantitative estimate of drug-likeness (QED) is 0.186. The molecule has 0 N–H and O–H groups in total. The topological polar surface area (TPSA) is 38.8 Å². The SMILES string of the molecule is O=CC1CCN(c2ccc(Oc3c(-c4ccc(F)cc4)sc4cc(OCc5ccccc5)ccc34)cc2)CC1. The van der Waals surface area contributed by atoms with Crippen molar-refractivity contribution in [3.63, 3.8) is 0 Å². The van der Waals surface area contributed by atoms with E-state index in [-0.39, 0.29) is 11.7 Å². The van der Waals surface area contributed by atoms with Crippen molar-refractivity contribution < 1.29 is 18.7 Å². The first-order valence-electron chi connectivity index (χ1n) is 13.1. The molecule has 4 nitrogen and oxygen atoms in total. The van der Waals surface area contributed by atoms with Gasteiger partial charge >= 0.3 is 0 Å². The van der Waals surface area contributed by atoms with E-state index in [2.05, 4.69) is 17.0 Å². The number of nitrogens with zero attached hydrogens (tertiary/aromatic N) is 1. The summed E-state index contributed by atoms with van der Waals surface area (Å²) in [6, 6.07) is 30.7. The number of piperidine rings is 1. The third-order valence-electron chi connectivity index (χ3n) is 7.12. The molecule has 0 spiro atoms. The van der Waals surface area contributed by atoms with E-state index in [1.807, 2.05) is 60.7 Å². The van der Waals surface area contributed by atoms with Gasteiger partial charge in [0.2, 0.25) is 0 Å². The number of fused-ring (bicyclic) bond motifs is 1. The largest absolute Gasteiger partial charge is 0.489 e. The Morgan fingerprint density at radius 3 is 2.31 bits per heavy atom. The summed E-state index contributed by atoms with van der Waals surface area (Å²) < 4.78 is 27.3. The van der Waals surface area contributed by atoms with Crippen molar-refractivity contribution in [1.82, 2.24) is 0 Å². The predicted octanol–water partition coefficient (Wildman–Crippen LogP) is 8.49. The molecule has 0 radical (unpaired) electrons. The van der Waals surface area contributed by atoms with E-state index in [0.29, 0.717) is 6.61 Å². The minimum atomic E-state index is -0.272. The average molecular weight is 538 g/mol. The zero-order chi connectivity index (χ0) is 26.6. The van der Waals surface area contributed by atoms with Gasteiger partial charge in [-0.25, -0.2) is 4.39 Å². The molecule has 0 bridgehead atoms. The molecule has 196 valence electrons. The van der Waals surface area contributed by atoms with Crippen LogP contribution in [-0.2, 0) is 11.4 Å². The Hall–Kier alpha value is -4.16. The van der Waals surface area contributed by atoms with Crippen molar-refractivity contribution in [2.24, 2.45) is 5.92 Å². The molecule has 6 rings (SSSR count). The van der Waals surface area contributed by atoms with E-state index in [0.717, 1.165) is 81.2 Å². The highest BCUT2D eigenvalue weighted by atomic mass is 32.1. The van der Waals surface area contributed by atoms with Gasteiger partial charge in [-0.3, -0.25) is 0 Å². The van der Waals surface area contributed by atoms with E-state index in [9.17, 15) is 9.18 Å². The summed E-state index contributed by atoms with van der Waals surface area (Å²) in [6.45, 7) is 2.25. The van der Waals surface area contributed by atoms with Crippen molar-refractivity contribution in [3.05, 3.63) is 108 Å². The first kappa shape index (κ1) is 25.1. The lowest BCUT2D eigenvalue weighted by molar-refractivity contribution is -0.111. The molecule has 1 saturated heterocycles. The number of rotatable bonds is 8. The summed E-state index contributed by atoms with van der Waals surface area (Å²) >= 11 is 1.60. The zero-order valence-corrected chi connectivity index (χ0v) is 22.2. The number of carbonyl (C=O) groups is 1. The third kappa shape index (κ3) is 5.66. The Bertz CT molecular complexity index is 1560. The second kappa shape index (κ2) is 11.3. The minimum absolute atomic E-state index is 0.171. The highest BCUT2D eigenvalue weighted by molar-refractivity contribution is 7.22. The molecule has 0 amide bonds. The predicted molar refractivity (Wildman–Crippen MR) is 156 cm³/mol. The van der Waals surface area contributed by atoms with E-state index in [1.54, 1.807) is 23.5 Å². The van der Waals surface area contributed by atoms with Gasteiger partial charge in [0.15, 0.2) is 5.75 Å². The fourth-order valence-corrected chi connectivity index (χ4v) is 6.08. The number of anilines is 1. The minimum Gasteiger partial charge on any atom is -0.489 e. The van der Waals surface area contributed by atoms with Crippen molar-refractivity contribution in [2.75, 3.05) is 18.0 Å². The second-order valence-corrected chi connectivity index (χ2v) is 10.8. The van der Waals surface area contributed by atoms with Crippen LogP contribution < -0.4 is 14.4 Å². The molecule has 1 aliphatic rings. The van der Waals surface area contributed by atoms with Crippen LogP contribution in [0.3, 0.4) is 0 Å². The zero-order valence-electron chi connectivity index (χ0n) is 21.4. The van der Waals surface area contributed by atoms with Crippen LogP contribution in [0.5, 0.6) is 17.2 Å². The fraction of sp³-hybridized carbons (Fsp3) is 0.182. The molecule has 1 aliphatic heterocycles. The summed E-state index contributed by atoms with van der Waals surface area (Å²) in [4.78, 5) is 14.3. The number of hydrogen-bond acceptors (Lipinski definition) is 5. The van der Waals surface area contributed by atoms with Crippen LogP contribution in [0.25, 0.3) is 20.5 Å². The van der Waals surface area contributed by atoms with E-state index in [1.165, 1.54) is 12.1 Å². The Morgan fingerprint density at radius 2 is 1.59 bits per heavy atom. The van der Waals surface area contributed by atoms with Crippen LogP contribution in [-0.4, -0.2) is 19.4 Å². The van der Waals surface area contributed by atoms with Crippen LogP contribution in [0.4, 0.5) is 10.1 Å². The summed E-state index contributed by atoms with van der Waals surface area (Å²) in [5.74, 6) is 2.16. The molecule has 0 saturated carbocycles. The molecule has 0 unspecified atom stereocenters. The number of carbonyl (C=O) groups excluding carboxylic acids is 1. The van der Waals surface area contributed by atoms with Crippen molar-refractivity contribution >= 4 is 33.4 Å². The van der Waals surface area contributed by atoms with Crippen LogP contribution >= 0.6 is 11.3 Å². The molecule has 2 heterocycles. The molecular weight excluding hydrogens is 509 g/mol. The van der Waals surface area contributed by atoms with Crippen molar-refractivity contribution in [1.29, 1.82) is 0 Å². The van der Waals surface area contributed by atoms with Crippen molar-refractivity contribution in [2.45, 2.75) is 19.4 Å². The Morgan fingerprint density at radius 1 is 0.872 bits per heavy atom. The lowest BCUT2D eigenvalue weighted by Crippen LogP contribution is -2.33. The molecule has 1 aromatic heterocycles.